The molecule has 1 N–H and O–H groups in total. The van der Waals surface area contributed by atoms with Gasteiger partial charge in [-0.15, -0.1) is 0 Å². The van der Waals surface area contributed by atoms with Crippen LogP contribution < -0.4 is 5.32 Å². The zero-order valence-corrected chi connectivity index (χ0v) is 13.1. The number of aryl methyl sites for hydroxylation is 2. The summed E-state index contributed by atoms with van der Waals surface area (Å²) in [4.78, 5) is 22.8. The third-order valence-electron chi connectivity index (χ3n) is 3.03. The molecule has 0 aliphatic carbocycles. The lowest BCUT2D eigenvalue weighted by Crippen LogP contribution is -2.14. The maximum atomic E-state index is 12.3. The number of rotatable bonds is 3. The molecule has 0 saturated heterocycles. The van der Waals surface area contributed by atoms with E-state index in [-0.39, 0.29) is 11.3 Å². The molecule has 2 rings (SSSR count). The molecule has 2 aromatic carbocycles. The molecule has 0 spiro atoms. The smallest absolute Gasteiger partial charge is 0.282 e. The predicted octanol–water partition coefficient (Wildman–Crippen LogP) is 4.23. The van der Waals surface area contributed by atoms with Gasteiger partial charge in [0.05, 0.1) is 10.6 Å². The molecule has 0 bridgehead atoms. The van der Waals surface area contributed by atoms with Crippen molar-refractivity contribution in [1.29, 1.82) is 0 Å². The Bertz CT molecular complexity index is 729. The van der Waals surface area contributed by atoms with Crippen LogP contribution in [0.15, 0.2) is 40.9 Å². The van der Waals surface area contributed by atoms with E-state index in [2.05, 4.69) is 21.2 Å². The highest BCUT2D eigenvalue weighted by molar-refractivity contribution is 9.10. The number of anilines is 1. The van der Waals surface area contributed by atoms with Gasteiger partial charge in [-0.05, 0) is 53.0 Å². The summed E-state index contributed by atoms with van der Waals surface area (Å²) in [5.41, 5.74) is 2.17. The second kappa shape index (κ2) is 6.05. The average molecular weight is 349 g/mol. The Morgan fingerprint density at radius 1 is 1.24 bits per heavy atom. The van der Waals surface area contributed by atoms with Crippen molar-refractivity contribution >= 4 is 33.2 Å². The minimum Gasteiger partial charge on any atom is -0.321 e. The van der Waals surface area contributed by atoms with Crippen molar-refractivity contribution in [3.8, 4) is 0 Å². The van der Waals surface area contributed by atoms with Crippen LogP contribution in [0.5, 0.6) is 0 Å². The molecule has 0 heterocycles. The Balaban J connectivity index is 2.39. The molecule has 5 nitrogen and oxygen atoms in total. The first kappa shape index (κ1) is 15.2. The largest absolute Gasteiger partial charge is 0.321 e. The quantitative estimate of drug-likeness (QED) is 0.666. The fraction of sp³-hybridized carbons (Fsp3) is 0.133. The summed E-state index contributed by atoms with van der Waals surface area (Å²) in [6.07, 6.45) is 0. The highest BCUT2D eigenvalue weighted by Gasteiger charge is 2.20. The van der Waals surface area contributed by atoms with Crippen LogP contribution in [0.25, 0.3) is 0 Å². The summed E-state index contributed by atoms with van der Waals surface area (Å²) >= 11 is 3.39. The van der Waals surface area contributed by atoms with Gasteiger partial charge in [-0.25, -0.2) is 0 Å². The average Bonchev–Trinajstić information content (AvgIpc) is 2.43. The summed E-state index contributed by atoms with van der Waals surface area (Å²) in [6, 6.07) is 9.90. The molecule has 1 amide bonds. The van der Waals surface area contributed by atoms with E-state index in [4.69, 9.17) is 0 Å². The Kier molecular flexibility index (Phi) is 4.37. The molecule has 0 aliphatic heterocycles. The van der Waals surface area contributed by atoms with Crippen LogP contribution in [0.1, 0.15) is 21.5 Å². The minimum absolute atomic E-state index is 0.0495. The molecule has 21 heavy (non-hydrogen) atoms. The molecule has 0 aliphatic rings. The van der Waals surface area contributed by atoms with E-state index in [1.807, 2.05) is 13.0 Å². The van der Waals surface area contributed by atoms with Gasteiger partial charge in [0.25, 0.3) is 11.6 Å². The number of carbonyl (C=O) groups is 1. The van der Waals surface area contributed by atoms with Gasteiger partial charge in [0.15, 0.2) is 0 Å². The van der Waals surface area contributed by atoms with E-state index < -0.39 is 10.8 Å². The van der Waals surface area contributed by atoms with Crippen molar-refractivity contribution in [2.24, 2.45) is 0 Å². The van der Waals surface area contributed by atoms with E-state index in [9.17, 15) is 14.9 Å². The van der Waals surface area contributed by atoms with Crippen molar-refractivity contribution in [2.75, 3.05) is 5.32 Å². The van der Waals surface area contributed by atoms with Crippen LogP contribution in [0, 0.1) is 24.0 Å². The third-order valence-corrected chi connectivity index (χ3v) is 4.09. The number of halogens is 1. The van der Waals surface area contributed by atoms with Crippen molar-refractivity contribution < 1.29 is 9.72 Å². The molecule has 2 aromatic rings. The SMILES string of the molecule is Cc1ccc([N+](=O)[O-])c(C(=O)Nc2cccc(C)c2Br)c1. The van der Waals surface area contributed by atoms with Crippen LogP contribution in [-0.2, 0) is 0 Å². The Morgan fingerprint density at radius 3 is 2.62 bits per heavy atom. The zero-order chi connectivity index (χ0) is 15.6. The van der Waals surface area contributed by atoms with Crippen LogP contribution in [-0.4, -0.2) is 10.8 Å². The molecule has 0 fully saturated rings. The van der Waals surface area contributed by atoms with Gasteiger partial charge in [-0.2, -0.15) is 0 Å². The predicted molar refractivity (Wildman–Crippen MR) is 84.7 cm³/mol. The standard InChI is InChI=1S/C15H13BrN2O3/c1-9-6-7-13(18(20)21)11(8-9)15(19)17-12-5-3-4-10(2)14(12)16/h3-8H,1-2H3,(H,17,19). The number of nitrogens with one attached hydrogen (secondary N) is 1. The van der Waals surface area contributed by atoms with Crippen LogP contribution in [0.3, 0.4) is 0 Å². The molecule has 0 unspecified atom stereocenters. The topological polar surface area (TPSA) is 72.2 Å². The second-order valence-electron chi connectivity index (χ2n) is 4.67. The van der Waals surface area contributed by atoms with Crippen LogP contribution in [0.2, 0.25) is 0 Å². The van der Waals surface area contributed by atoms with Gasteiger partial charge in [0.2, 0.25) is 0 Å². The fourth-order valence-electron chi connectivity index (χ4n) is 1.92. The van der Waals surface area contributed by atoms with E-state index in [1.165, 1.54) is 12.1 Å². The Labute approximate surface area is 130 Å². The Morgan fingerprint density at radius 2 is 1.95 bits per heavy atom. The van der Waals surface area contributed by atoms with Gasteiger partial charge in [-0.1, -0.05) is 18.2 Å². The van der Waals surface area contributed by atoms with Crippen molar-refractivity contribution in [1.82, 2.24) is 0 Å². The van der Waals surface area contributed by atoms with Crippen LogP contribution in [0.4, 0.5) is 11.4 Å². The molecule has 0 aromatic heterocycles. The minimum atomic E-state index is -0.556. The fourth-order valence-corrected chi connectivity index (χ4v) is 2.29. The second-order valence-corrected chi connectivity index (χ2v) is 5.46. The van der Waals surface area contributed by atoms with Gasteiger partial charge < -0.3 is 5.32 Å². The summed E-state index contributed by atoms with van der Waals surface area (Å²) in [6.45, 7) is 3.68. The number of hydrogen-bond acceptors (Lipinski definition) is 3. The normalized spacial score (nSPS) is 10.2. The third kappa shape index (κ3) is 3.28. The first-order chi connectivity index (χ1) is 9.90. The first-order valence-corrected chi connectivity index (χ1v) is 7.01. The summed E-state index contributed by atoms with van der Waals surface area (Å²) < 4.78 is 0.758. The molecule has 0 atom stereocenters. The van der Waals surface area contributed by atoms with E-state index >= 15 is 0 Å². The maximum absolute atomic E-state index is 12.3. The molecule has 6 heteroatoms. The lowest BCUT2D eigenvalue weighted by Gasteiger charge is -2.10. The van der Waals surface area contributed by atoms with Crippen molar-refractivity contribution in [2.45, 2.75) is 13.8 Å². The van der Waals surface area contributed by atoms with Gasteiger partial charge in [-0.3, -0.25) is 14.9 Å². The number of amides is 1. The summed E-state index contributed by atoms with van der Waals surface area (Å²) in [5, 5.41) is 13.7. The summed E-state index contributed by atoms with van der Waals surface area (Å²) in [7, 11) is 0. The van der Waals surface area contributed by atoms with Crippen molar-refractivity contribution in [3.63, 3.8) is 0 Å². The Hall–Kier alpha value is -2.21. The van der Waals surface area contributed by atoms with E-state index in [0.29, 0.717) is 5.69 Å². The molecular weight excluding hydrogens is 336 g/mol. The van der Waals surface area contributed by atoms with Gasteiger partial charge in [0, 0.05) is 10.5 Å². The first-order valence-electron chi connectivity index (χ1n) is 6.21. The van der Waals surface area contributed by atoms with E-state index in [0.717, 1.165) is 15.6 Å². The van der Waals surface area contributed by atoms with Gasteiger partial charge >= 0.3 is 0 Å². The number of benzene rings is 2. The maximum Gasteiger partial charge on any atom is 0.282 e. The number of hydrogen-bond donors (Lipinski definition) is 1. The molecule has 0 radical (unpaired) electrons. The van der Waals surface area contributed by atoms with Gasteiger partial charge in [0.1, 0.15) is 5.56 Å². The lowest BCUT2D eigenvalue weighted by atomic mass is 10.1. The lowest BCUT2D eigenvalue weighted by molar-refractivity contribution is -0.385. The molecule has 108 valence electrons. The monoisotopic (exact) mass is 348 g/mol. The highest BCUT2D eigenvalue weighted by Crippen LogP contribution is 2.27. The van der Waals surface area contributed by atoms with Crippen LogP contribution >= 0.6 is 15.9 Å². The number of carbonyl (C=O) groups excluding carboxylic acids is 1. The highest BCUT2D eigenvalue weighted by atomic mass is 79.9. The molecular formula is C15H13BrN2O3. The molecule has 0 saturated carbocycles. The number of nitro benzene ring substituents is 1. The van der Waals surface area contributed by atoms with Crippen molar-refractivity contribution in [3.05, 3.63) is 67.7 Å². The zero-order valence-electron chi connectivity index (χ0n) is 11.5. The van der Waals surface area contributed by atoms with E-state index in [1.54, 1.807) is 25.1 Å². The number of nitro groups is 1. The number of nitrogens with zero attached hydrogens (tertiary/aromatic N) is 1. The summed E-state index contributed by atoms with van der Waals surface area (Å²) in [5.74, 6) is -0.503.